The summed E-state index contributed by atoms with van der Waals surface area (Å²) < 4.78 is -0.551. The van der Waals surface area contributed by atoms with Gasteiger partial charge in [0.15, 0.2) is 0 Å². The number of nitrogens with two attached hydrogens (primary N) is 1. The molecule has 0 amide bonds. The molecule has 2 rings (SSSR count). The van der Waals surface area contributed by atoms with E-state index >= 15 is 0 Å². The van der Waals surface area contributed by atoms with Gasteiger partial charge in [0.25, 0.3) is 0 Å². The SMILES string of the molecule is CC(C)(SCc1nc2ccccc2[nH]1)[C@@H](N)C(=O)O. The first kappa shape index (κ1) is 13.9. The third-order valence-electron chi connectivity index (χ3n) is 3.03. The van der Waals surface area contributed by atoms with Crippen molar-refractivity contribution < 1.29 is 9.90 Å². The second-order valence-corrected chi connectivity index (χ2v) is 6.54. The predicted molar refractivity (Wildman–Crippen MR) is 77.1 cm³/mol. The molecule has 19 heavy (non-hydrogen) atoms. The van der Waals surface area contributed by atoms with E-state index < -0.39 is 16.8 Å². The second kappa shape index (κ2) is 5.22. The van der Waals surface area contributed by atoms with Crippen LogP contribution in [0, 0.1) is 0 Å². The van der Waals surface area contributed by atoms with Gasteiger partial charge in [-0.25, -0.2) is 4.98 Å². The van der Waals surface area contributed by atoms with Crippen LogP contribution in [0.3, 0.4) is 0 Å². The van der Waals surface area contributed by atoms with Gasteiger partial charge < -0.3 is 15.8 Å². The van der Waals surface area contributed by atoms with E-state index in [-0.39, 0.29) is 0 Å². The number of nitrogens with one attached hydrogen (secondary N) is 1. The average molecular weight is 279 g/mol. The predicted octanol–water partition coefficient (Wildman–Crippen LogP) is 1.99. The first-order valence-electron chi connectivity index (χ1n) is 5.96. The van der Waals surface area contributed by atoms with Crippen LogP contribution in [-0.2, 0) is 10.5 Å². The summed E-state index contributed by atoms with van der Waals surface area (Å²) in [5.41, 5.74) is 7.58. The van der Waals surface area contributed by atoms with Crippen LogP contribution < -0.4 is 5.73 Å². The Bertz CT molecular complexity index is 561. The van der Waals surface area contributed by atoms with Crippen molar-refractivity contribution in [3.63, 3.8) is 0 Å². The smallest absolute Gasteiger partial charge is 0.321 e. The Kier molecular flexibility index (Phi) is 3.82. The lowest BCUT2D eigenvalue weighted by molar-refractivity contribution is -0.139. The number of aromatic nitrogens is 2. The summed E-state index contributed by atoms with van der Waals surface area (Å²) in [6.07, 6.45) is 0. The van der Waals surface area contributed by atoms with Crippen LogP contribution in [-0.4, -0.2) is 31.8 Å². The van der Waals surface area contributed by atoms with Gasteiger partial charge in [-0.05, 0) is 26.0 Å². The Balaban J connectivity index is 2.07. The number of rotatable bonds is 5. The highest BCUT2D eigenvalue weighted by molar-refractivity contribution is 7.99. The zero-order valence-electron chi connectivity index (χ0n) is 10.9. The van der Waals surface area contributed by atoms with Crippen molar-refractivity contribution in [1.29, 1.82) is 0 Å². The first-order chi connectivity index (χ1) is 8.90. The second-order valence-electron chi connectivity index (χ2n) is 4.91. The molecule has 4 N–H and O–H groups in total. The Hall–Kier alpha value is -1.53. The van der Waals surface area contributed by atoms with E-state index in [0.29, 0.717) is 5.75 Å². The fourth-order valence-electron chi connectivity index (χ4n) is 1.72. The maximum Gasteiger partial charge on any atom is 0.321 e. The van der Waals surface area contributed by atoms with Crippen LogP contribution in [0.4, 0.5) is 0 Å². The maximum atomic E-state index is 10.9. The first-order valence-corrected chi connectivity index (χ1v) is 6.94. The molecule has 1 aromatic carbocycles. The number of imidazole rings is 1. The summed E-state index contributed by atoms with van der Waals surface area (Å²) in [5, 5.41) is 8.97. The average Bonchev–Trinajstić information content (AvgIpc) is 2.78. The van der Waals surface area contributed by atoms with Gasteiger partial charge in [-0.3, -0.25) is 4.79 Å². The third kappa shape index (κ3) is 3.08. The van der Waals surface area contributed by atoms with Gasteiger partial charge in [-0.15, -0.1) is 11.8 Å². The van der Waals surface area contributed by atoms with Crippen molar-refractivity contribution in [2.45, 2.75) is 30.4 Å². The summed E-state index contributed by atoms with van der Waals surface area (Å²) in [6, 6.07) is 6.88. The molecule has 1 heterocycles. The number of hydrogen-bond acceptors (Lipinski definition) is 4. The van der Waals surface area contributed by atoms with Crippen molar-refractivity contribution in [2.24, 2.45) is 5.73 Å². The van der Waals surface area contributed by atoms with Crippen LogP contribution in [0.2, 0.25) is 0 Å². The minimum atomic E-state index is -0.984. The van der Waals surface area contributed by atoms with Crippen LogP contribution in [0.1, 0.15) is 19.7 Å². The molecule has 0 aliphatic rings. The number of nitrogens with zero attached hydrogens (tertiary/aromatic N) is 1. The Labute approximate surface area is 115 Å². The molecule has 0 aliphatic carbocycles. The normalized spacial score (nSPS) is 13.6. The number of carboxylic acid groups (broad SMARTS) is 1. The molecular formula is C13H17N3O2S. The number of H-pyrrole nitrogens is 1. The fraction of sp³-hybridized carbons (Fsp3) is 0.385. The molecule has 2 aromatic rings. The lowest BCUT2D eigenvalue weighted by atomic mass is 10.1. The highest BCUT2D eigenvalue weighted by Crippen LogP contribution is 2.30. The summed E-state index contributed by atoms with van der Waals surface area (Å²) in [5.74, 6) is 0.446. The Morgan fingerprint density at radius 2 is 2.21 bits per heavy atom. The molecule has 0 saturated heterocycles. The van der Waals surface area contributed by atoms with Gasteiger partial charge in [-0.2, -0.15) is 0 Å². The number of benzene rings is 1. The van der Waals surface area contributed by atoms with Crippen molar-refractivity contribution in [1.82, 2.24) is 9.97 Å². The molecule has 102 valence electrons. The lowest BCUT2D eigenvalue weighted by Gasteiger charge is -2.27. The zero-order chi connectivity index (χ0) is 14.0. The number of carbonyl (C=O) groups is 1. The number of para-hydroxylation sites is 2. The van der Waals surface area contributed by atoms with Crippen molar-refractivity contribution in [3.05, 3.63) is 30.1 Å². The molecule has 0 saturated carbocycles. The lowest BCUT2D eigenvalue weighted by Crippen LogP contribution is -2.46. The van der Waals surface area contributed by atoms with E-state index in [1.165, 1.54) is 11.8 Å². The van der Waals surface area contributed by atoms with E-state index in [1.807, 2.05) is 38.1 Å². The van der Waals surface area contributed by atoms with E-state index in [1.54, 1.807) is 0 Å². The zero-order valence-corrected chi connectivity index (χ0v) is 11.7. The van der Waals surface area contributed by atoms with Gasteiger partial charge in [0.05, 0.1) is 16.8 Å². The van der Waals surface area contributed by atoms with E-state index in [0.717, 1.165) is 16.9 Å². The van der Waals surface area contributed by atoms with Crippen molar-refractivity contribution in [3.8, 4) is 0 Å². The largest absolute Gasteiger partial charge is 0.480 e. The molecule has 0 fully saturated rings. The molecular weight excluding hydrogens is 262 g/mol. The van der Waals surface area contributed by atoms with Gasteiger partial charge >= 0.3 is 5.97 Å². The van der Waals surface area contributed by atoms with Crippen molar-refractivity contribution in [2.75, 3.05) is 0 Å². The Morgan fingerprint density at radius 1 is 1.53 bits per heavy atom. The van der Waals surface area contributed by atoms with E-state index in [2.05, 4.69) is 9.97 Å². The molecule has 0 spiro atoms. The van der Waals surface area contributed by atoms with Gasteiger partial charge in [-0.1, -0.05) is 12.1 Å². The maximum absolute atomic E-state index is 10.9. The van der Waals surface area contributed by atoms with Crippen LogP contribution in [0.15, 0.2) is 24.3 Å². The summed E-state index contributed by atoms with van der Waals surface area (Å²) >= 11 is 1.48. The number of fused-ring (bicyclic) bond motifs is 1. The summed E-state index contributed by atoms with van der Waals surface area (Å²) in [6.45, 7) is 3.66. The van der Waals surface area contributed by atoms with Crippen molar-refractivity contribution >= 4 is 28.8 Å². The molecule has 5 nitrogen and oxygen atoms in total. The highest BCUT2D eigenvalue weighted by atomic mass is 32.2. The molecule has 1 aromatic heterocycles. The van der Waals surface area contributed by atoms with E-state index in [4.69, 9.17) is 10.8 Å². The molecule has 0 bridgehead atoms. The number of carboxylic acids is 1. The van der Waals surface area contributed by atoms with E-state index in [9.17, 15) is 4.79 Å². The van der Waals surface area contributed by atoms with Crippen LogP contribution in [0.5, 0.6) is 0 Å². The molecule has 1 atom stereocenters. The quantitative estimate of drug-likeness (QED) is 0.778. The number of hydrogen-bond donors (Lipinski definition) is 3. The monoisotopic (exact) mass is 279 g/mol. The minimum Gasteiger partial charge on any atom is -0.480 e. The molecule has 0 aliphatic heterocycles. The number of aromatic amines is 1. The van der Waals surface area contributed by atoms with Gasteiger partial charge in [0, 0.05) is 4.75 Å². The minimum absolute atomic E-state index is 0.551. The summed E-state index contributed by atoms with van der Waals surface area (Å²) in [7, 11) is 0. The summed E-state index contributed by atoms with van der Waals surface area (Å²) in [4.78, 5) is 18.6. The van der Waals surface area contributed by atoms with Crippen LogP contribution >= 0.6 is 11.8 Å². The highest BCUT2D eigenvalue weighted by Gasteiger charge is 2.32. The fourth-order valence-corrected chi connectivity index (χ4v) is 2.64. The molecule has 0 unspecified atom stereocenters. The topological polar surface area (TPSA) is 92.0 Å². The van der Waals surface area contributed by atoms with Gasteiger partial charge in [0.2, 0.25) is 0 Å². The number of aliphatic carboxylic acids is 1. The third-order valence-corrected chi connectivity index (χ3v) is 4.45. The molecule has 6 heteroatoms. The standard InChI is InChI=1S/C13H17N3O2S/c1-13(2,11(14)12(17)18)19-7-10-15-8-5-3-4-6-9(8)16-10/h3-6,11H,7,14H2,1-2H3,(H,15,16)(H,17,18)/t11-/m0/s1. The van der Waals surface area contributed by atoms with Gasteiger partial charge in [0.1, 0.15) is 11.9 Å². The Morgan fingerprint density at radius 3 is 2.84 bits per heavy atom. The number of thioether (sulfide) groups is 1. The molecule has 0 radical (unpaired) electrons. The van der Waals surface area contributed by atoms with Crippen LogP contribution in [0.25, 0.3) is 11.0 Å².